The van der Waals surface area contributed by atoms with Crippen molar-refractivity contribution in [1.29, 1.82) is 0 Å². The van der Waals surface area contributed by atoms with Crippen molar-refractivity contribution in [1.82, 2.24) is 16.0 Å². The molecule has 12 nitrogen and oxygen atoms in total. The Morgan fingerprint density at radius 1 is 0.913 bits per heavy atom. The number of carbonyl (C=O) groups excluding carboxylic acids is 4. The van der Waals surface area contributed by atoms with Crippen LogP contribution >= 0.6 is 0 Å². The van der Waals surface area contributed by atoms with Crippen LogP contribution in [0.15, 0.2) is 86.0 Å². The third kappa shape index (κ3) is 14.1. The predicted molar refractivity (Wildman–Crippen MR) is 171 cm³/mol. The van der Waals surface area contributed by atoms with Gasteiger partial charge in [0.1, 0.15) is 18.8 Å². The third-order valence-electron chi connectivity index (χ3n) is 6.66. The second kappa shape index (κ2) is 22.1. The molecule has 0 unspecified atom stereocenters. The molecular weight excluding hydrogens is 594 g/mol. The number of hydrogen-bond acceptors (Lipinski definition) is 9. The van der Waals surface area contributed by atoms with E-state index in [-0.39, 0.29) is 64.7 Å². The summed E-state index contributed by atoms with van der Waals surface area (Å²) in [6.45, 7) is 7.85. The first-order valence-corrected chi connectivity index (χ1v) is 15.0. The van der Waals surface area contributed by atoms with Crippen molar-refractivity contribution in [3.05, 3.63) is 97.1 Å². The van der Waals surface area contributed by atoms with Crippen LogP contribution in [0.2, 0.25) is 0 Å². The number of aliphatic hydroxyl groups excluding tert-OH is 1. The number of methoxy groups -OCH3 is 1. The number of esters is 1. The quantitative estimate of drug-likeness (QED) is 0.0862. The zero-order valence-corrected chi connectivity index (χ0v) is 26.2. The van der Waals surface area contributed by atoms with Crippen molar-refractivity contribution in [2.45, 2.75) is 44.1 Å². The second-order valence-electron chi connectivity index (χ2n) is 10.2. The second-order valence-corrected chi connectivity index (χ2v) is 10.2. The SMILES string of the molecule is C=CC[C@@H](CC(=O)NCCOCCO)C(=O)N[C@@H](COC)[C@@H](OC(=O)[C@@H](CC=C)NC(=O)OCc1ccccc1)c1ccccc1. The fraction of sp³-hybridized carbons (Fsp3) is 0.412. The number of aliphatic hydroxyl groups is 1. The topological polar surface area (TPSA) is 162 Å². The summed E-state index contributed by atoms with van der Waals surface area (Å²) in [4.78, 5) is 52.1. The number of alkyl carbamates (subject to hydrolysis) is 1. The molecule has 0 aliphatic carbocycles. The van der Waals surface area contributed by atoms with Crippen LogP contribution in [-0.2, 0) is 39.9 Å². The Morgan fingerprint density at radius 2 is 1.59 bits per heavy atom. The Morgan fingerprint density at radius 3 is 2.22 bits per heavy atom. The molecule has 4 atom stereocenters. The Labute approximate surface area is 270 Å². The van der Waals surface area contributed by atoms with Gasteiger partial charge in [-0.2, -0.15) is 0 Å². The molecule has 12 heteroatoms. The molecule has 0 fully saturated rings. The summed E-state index contributed by atoms with van der Waals surface area (Å²) < 4.78 is 21.8. The Bertz CT molecular complexity index is 1230. The Kier molecular flexibility index (Phi) is 18.1. The summed E-state index contributed by atoms with van der Waals surface area (Å²) >= 11 is 0. The van der Waals surface area contributed by atoms with Crippen molar-refractivity contribution in [2.24, 2.45) is 5.92 Å². The first-order valence-electron chi connectivity index (χ1n) is 15.0. The summed E-state index contributed by atoms with van der Waals surface area (Å²) in [5.74, 6) is -2.36. The molecular formula is C34H45N3O9. The lowest BCUT2D eigenvalue weighted by molar-refractivity contribution is -0.155. The van der Waals surface area contributed by atoms with E-state index in [1.807, 2.05) is 18.2 Å². The molecule has 0 heterocycles. The highest BCUT2D eigenvalue weighted by atomic mass is 16.6. The van der Waals surface area contributed by atoms with Gasteiger partial charge in [-0.25, -0.2) is 9.59 Å². The van der Waals surface area contributed by atoms with E-state index in [4.69, 9.17) is 24.1 Å². The minimum atomic E-state index is -1.12. The van der Waals surface area contributed by atoms with E-state index in [0.717, 1.165) is 5.56 Å². The molecule has 0 bridgehead atoms. The standard InChI is InChI=1S/C34H45N3O9/c1-4-12-27(22-30(39)35-18-20-44-21-19-38)32(40)36-29(24-43-3)31(26-16-10-7-11-17-26)46-33(41)28(13-5-2)37-34(42)45-23-25-14-8-6-9-15-25/h4-11,14-17,27-29,31,38H,1-2,12-13,18-24H2,3H3,(H,35,39)(H,36,40)(H,37,42)/t27-,28+,29-,31-/m0/s1. The van der Waals surface area contributed by atoms with Gasteiger partial charge < -0.3 is 40.0 Å². The molecule has 0 saturated carbocycles. The number of benzene rings is 2. The van der Waals surface area contributed by atoms with Gasteiger partial charge in [-0.1, -0.05) is 72.8 Å². The predicted octanol–water partition coefficient (Wildman–Crippen LogP) is 2.98. The third-order valence-corrected chi connectivity index (χ3v) is 6.66. The van der Waals surface area contributed by atoms with Gasteiger partial charge in [-0.05, 0) is 24.0 Å². The first kappa shape index (κ1) is 37.7. The molecule has 0 aromatic heterocycles. The highest BCUT2D eigenvalue weighted by Crippen LogP contribution is 2.24. The maximum absolute atomic E-state index is 13.5. The summed E-state index contributed by atoms with van der Waals surface area (Å²) in [6.07, 6.45) is 1.34. The van der Waals surface area contributed by atoms with Crippen LogP contribution in [0.4, 0.5) is 4.79 Å². The molecule has 0 aliphatic heterocycles. The number of nitrogens with one attached hydrogen (secondary N) is 3. The van der Waals surface area contributed by atoms with Gasteiger partial charge in [0, 0.05) is 20.1 Å². The number of amides is 3. The molecule has 0 aliphatic rings. The van der Waals surface area contributed by atoms with E-state index in [9.17, 15) is 19.2 Å². The molecule has 2 rings (SSSR count). The fourth-order valence-corrected chi connectivity index (χ4v) is 4.41. The van der Waals surface area contributed by atoms with Crippen LogP contribution in [0.1, 0.15) is 36.5 Å². The van der Waals surface area contributed by atoms with Gasteiger partial charge in [-0.15, -0.1) is 13.2 Å². The summed E-state index contributed by atoms with van der Waals surface area (Å²) in [7, 11) is 1.45. The maximum atomic E-state index is 13.5. The number of hydrogen-bond donors (Lipinski definition) is 4. The summed E-state index contributed by atoms with van der Waals surface area (Å²) in [5, 5.41) is 16.9. The number of rotatable bonds is 22. The average Bonchev–Trinajstić information content (AvgIpc) is 3.06. The van der Waals surface area contributed by atoms with Gasteiger partial charge >= 0.3 is 12.1 Å². The van der Waals surface area contributed by atoms with Crippen molar-refractivity contribution < 1.29 is 43.2 Å². The van der Waals surface area contributed by atoms with E-state index in [1.165, 1.54) is 13.2 Å². The lowest BCUT2D eigenvalue weighted by Crippen LogP contribution is -2.48. The number of allylic oxidation sites excluding steroid dienone is 1. The van der Waals surface area contributed by atoms with Gasteiger partial charge in [-0.3, -0.25) is 9.59 Å². The van der Waals surface area contributed by atoms with Crippen molar-refractivity contribution in [3.8, 4) is 0 Å². The highest BCUT2D eigenvalue weighted by molar-refractivity contribution is 5.86. The molecule has 2 aromatic carbocycles. The van der Waals surface area contributed by atoms with Crippen LogP contribution in [-0.4, -0.2) is 81.1 Å². The number of ether oxygens (including phenoxy) is 4. The smallest absolute Gasteiger partial charge is 0.408 e. The Hall–Kier alpha value is -4.52. The summed E-state index contributed by atoms with van der Waals surface area (Å²) in [5.41, 5.74) is 1.35. The van der Waals surface area contributed by atoms with E-state index in [0.29, 0.717) is 5.56 Å². The molecule has 0 spiro atoms. The van der Waals surface area contributed by atoms with Crippen LogP contribution < -0.4 is 16.0 Å². The molecule has 2 aromatic rings. The lowest BCUT2D eigenvalue weighted by Gasteiger charge is -2.30. The molecule has 4 N–H and O–H groups in total. The van der Waals surface area contributed by atoms with Crippen molar-refractivity contribution >= 4 is 23.9 Å². The zero-order chi connectivity index (χ0) is 33.6. The van der Waals surface area contributed by atoms with E-state index in [2.05, 4.69) is 29.1 Å². The number of carbonyl (C=O) groups is 4. The van der Waals surface area contributed by atoms with Crippen LogP contribution in [0.25, 0.3) is 0 Å². The normalized spacial score (nSPS) is 13.3. The van der Waals surface area contributed by atoms with Gasteiger partial charge in [0.25, 0.3) is 0 Å². The van der Waals surface area contributed by atoms with Crippen LogP contribution in [0.5, 0.6) is 0 Å². The van der Waals surface area contributed by atoms with Gasteiger partial charge in [0.2, 0.25) is 11.8 Å². The molecule has 46 heavy (non-hydrogen) atoms. The minimum absolute atomic E-state index is 0.0124. The van der Waals surface area contributed by atoms with Crippen LogP contribution in [0, 0.1) is 5.92 Å². The maximum Gasteiger partial charge on any atom is 0.408 e. The average molecular weight is 640 g/mol. The highest BCUT2D eigenvalue weighted by Gasteiger charge is 2.33. The molecule has 3 amide bonds. The molecule has 0 radical (unpaired) electrons. The van der Waals surface area contributed by atoms with Crippen LogP contribution in [0.3, 0.4) is 0 Å². The monoisotopic (exact) mass is 639 g/mol. The van der Waals surface area contributed by atoms with Crippen molar-refractivity contribution in [2.75, 3.05) is 40.1 Å². The van der Waals surface area contributed by atoms with Gasteiger partial charge in [0.05, 0.1) is 38.4 Å². The van der Waals surface area contributed by atoms with E-state index in [1.54, 1.807) is 48.5 Å². The van der Waals surface area contributed by atoms with E-state index >= 15 is 0 Å². The summed E-state index contributed by atoms with van der Waals surface area (Å²) in [6, 6.07) is 15.9. The van der Waals surface area contributed by atoms with Crippen molar-refractivity contribution in [3.63, 3.8) is 0 Å². The molecule has 0 saturated heterocycles. The first-order chi connectivity index (χ1) is 22.3. The largest absolute Gasteiger partial charge is 0.454 e. The Balaban J connectivity index is 2.17. The fourth-order valence-electron chi connectivity index (χ4n) is 4.41. The lowest BCUT2D eigenvalue weighted by atomic mass is 9.97. The van der Waals surface area contributed by atoms with E-state index < -0.39 is 42.1 Å². The molecule has 250 valence electrons. The van der Waals surface area contributed by atoms with Gasteiger partial charge in [0.15, 0.2) is 0 Å². The minimum Gasteiger partial charge on any atom is -0.454 e. The zero-order valence-electron chi connectivity index (χ0n) is 26.2.